The number of unbranched alkanes of at least 4 members (excludes halogenated alkanes) is 10. The van der Waals surface area contributed by atoms with Gasteiger partial charge in [-0.3, -0.25) is 0 Å². The minimum Gasteiger partial charge on any atom is -0.344 e. The van der Waals surface area contributed by atoms with E-state index in [0.717, 1.165) is 0 Å². The Bertz CT molecular complexity index is 369. The van der Waals surface area contributed by atoms with Crippen LogP contribution in [0.25, 0.3) is 0 Å². The van der Waals surface area contributed by atoms with Crippen LogP contribution in [0.2, 0.25) is 0 Å². The summed E-state index contributed by atoms with van der Waals surface area (Å²) < 4.78 is 0. The van der Waals surface area contributed by atoms with Gasteiger partial charge < -0.3 is 6.15 Å². The lowest BCUT2D eigenvalue weighted by molar-refractivity contribution is 0.316. The molecule has 0 amide bonds. The number of hydrogen-bond acceptors (Lipinski definition) is 1. The first kappa shape index (κ1) is 23.2. The van der Waals surface area contributed by atoms with Gasteiger partial charge in [0.05, 0.1) is 0 Å². The summed E-state index contributed by atoms with van der Waals surface area (Å²) >= 11 is 0. The van der Waals surface area contributed by atoms with Gasteiger partial charge in [-0.1, -0.05) is 122 Å². The average Bonchev–Trinajstić information content (AvgIpc) is 2.53. The van der Waals surface area contributed by atoms with E-state index in [-0.39, 0.29) is 6.15 Å². The van der Waals surface area contributed by atoms with Gasteiger partial charge in [-0.15, -0.1) is 0 Å². The molecule has 24 heavy (non-hydrogen) atoms. The zero-order chi connectivity index (χ0) is 16.8. The van der Waals surface area contributed by atoms with E-state index in [9.17, 15) is 0 Å². The average molecular weight is 334 g/mol. The molecule has 0 atom stereocenters. The second-order valence-electron chi connectivity index (χ2n) is 8.11. The molecule has 0 spiro atoms. The van der Waals surface area contributed by atoms with Crippen LogP contribution in [0, 0.1) is 5.41 Å². The molecule has 0 heterocycles. The Morgan fingerprint density at radius 1 is 0.667 bits per heavy atom. The third-order valence-electron chi connectivity index (χ3n) is 4.98. The van der Waals surface area contributed by atoms with Crippen LogP contribution in [-0.2, 0) is 6.42 Å². The van der Waals surface area contributed by atoms with Crippen LogP contribution in [0.5, 0.6) is 0 Å². The Kier molecular flexibility index (Phi) is 14.0. The maximum Gasteiger partial charge on any atom is -0.0227 e. The Morgan fingerprint density at radius 3 is 1.62 bits per heavy atom. The van der Waals surface area contributed by atoms with Crippen molar-refractivity contribution in [1.82, 2.24) is 6.15 Å². The molecular formula is C23H43N. The van der Waals surface area contributed by atoms with Crippen LogP contribution >= 0.6 is 0 Å². The van der Waals surface area contributed by atoms with Crippen LogP contribution in [-0.4, -0.2) is 0 Å². The first-order chi connectivity index (χ1) is 11.1. The van der Waals surface area contributed by atoms with Gasteiger partial charge in [0.25, 0.3) is 0 Å². The summed E-state index contributed by atoms with van der Waals surface area (Å²) in [5.74, 6) is 0. The molecule has 0 saturated heterocycles. The van der Waals surface area contributed by atoms with Crippen molar-refractivity contribution in [2.24, 2.45) is 5.41 Å². The molecule has 1 aromatic carbocycles. The van der Waals surface area contributed by atoms with Crippen molar-refractivity contribution in [2.75, 3.05) is 0 Å². The zero-order valence-electron chi connectivity index (χ0n) is 16.8. The first-order valence-corrected chi connectivity index (χ1v) is 10.2. The van der Waals surface area contributed by atoms with Gasteiger partial charge in [0.1, 0.15) is 0 Å². The van der Waals surface area contributed by atoms with Crippen molar-refractivity contribution in [2.45, 2.75) is 104 Å². The predicted octanol–water partition coefficient (Wildman–Crippen LogP) is 8.12. The number of rotatable bonds is 14. The van der Waals surface area contributed by atoms with Gasteiger partial charge in [-0.25, -0.2) is 0 Å². The fraction of sp³-hybridized carbons (Fsp3) is 0.739. The van der Waals surface area contributed by atoms with E-state index in [2.05, 4.69) is 51.1 Å². The standard InChI is InChI=1S/C23H40.H3N/c1-4-5-6-7-8-9-10-11-12-13-17-20-23(2,3)21-22-18-15-14-16-19-22;/h14-16,18-19H,4-13,17,20-21H2,1-3H3;1H3. The van der Waals surface area contributed by atoms with E-state index < -0.39 is 0 Å². The highest BCUT2D eigenvalue weighted by molar-refractivity contribution is 5.16. The van der Waals surface area contributed by atoms with Crippen LogP contribution in [0.3, 0.4) is 0 Å². The summed E-state index contributed by atoms with van der Waals surface area (Å²) in [5.41, 5.74) is 1.93. The summed E-state index contributed by atoms with van der Waals surface area (Å²) in [7, 11) is 0. The normalized spacial score (nSPS) is 11.3. The molecule has 0 aliphatic heterocycles. The molecule has 0 aliphatic carbocycles. The van der Waals surface area contributed by atoms with E-state index in [1.807, 2.05) is 0 Å². The molecule has 0 saturated carbocycles. The van der Waals surface area contributed by atoms with E-state index >= 15 is 0 Å². The molecule has 1 heteroatoms. The number of benzene rings is 1. The molecule has 0 bridgehead atoms. The van der Waals surface area contributed by atoms with Crippen LogP contribution in [0.4, 0.5) is 0 Å². The van der Waals surface area contributed by atoms with Crippen molar-refractivity contribution >= 4 is 0 Å². The van der Waals surface area contributed by atoms with Crippen molar-refractivity contribution < 1.29 is 0 Å². The molecular weight excluding hydrogens is 290 g/mol. The Morgan fingerprint density at radius 2 is 1.12 bits per heavy atom. The van der Waals surface area contributed by atoms with E-state index in [1.54, 1.807) is 0 Å². The van der Waals surface area contributed by atoms with Gasteiger partial charge in [0, 0.05) is 0 Å². The zero-order valence-corrected chi connectivity index (χ0v) is 16.8. The molecule has 1 aromatic rings. The molecule has 140 valence electrons. The Balaban J connectivity index is 0.00000529. The Labute approximate surface area is 152 Å². The lowest BCUT2D eigenvalue weighted by Crippen LogP contribution is -2.14. The summed E-state index contributed by atoms with van der Waals surface area (Å²) in [4.78, 5) is 0. The number of hydrogen-bond donors (Lipinski definition) is 1. The van der Waals surface area contributed by atoms with Crippen LogP contribution in [0.1, 0.15) is 103 Å². The fourth-order valence-electron chi connectivity index (χ4n) is 3.50. The second kappa shape index (κ2) is 14.5. The van der Waals surface area contributed by atoms with Crippen LogP contribution < -0.4 is 6.15 Å². The third-order valence-corrected chi connectivity index (χ3v) is 4.98. The van der Waals surface area contributed by atoms with Crippen molar-refractivity contribution in [3.63, 3.8) is 0 Å². The van der Waals surface area contributed by atoms with Crippen molar-refractivity contribution in [1.29, 1.82) is 0 Å². The van der Waals surface area contributed by atoms with Crippen LogP contribution in [0.15, 0.2) is 30.3 Å². The minimum absolute atomic E-state index is 0. The molecule has 0 fully saturated rings. The van der Waals surface area contributed by atoms with Gasteiger partial charge in [-0.05, 0) is 23.8 Å². The van der Waals surface area contributed by atoms with Gasteiger partial charge >= 0.3 is 0 Å². The lowest BCUT2D eigenvalue weighted by Gasteiger charge is -2.24. The molecule has 3 N–H and O–H groups in total. The molecule has 0 aliphatic rings. The highest BCUT2D eigenvalue weighted by atomic mass is 14.2. The summed E-state index contributed by atoms with van der Waals surface area (Å²) in [6.45, 7) is 7.15. The Hall–Kier alpha value is -0.820. The predicted molar refractivity (Wildman–Crippen MR) is 110 cm³/mol. The summed E-state index contributed by atoms with van der Waals surface area (Å²) in [6.07, 6.45) is 18.4. The van der Waals surface area contributed by atoms with E-state index in [1.165, 1.54) is 89.0 Å². The first-order valence-electron chi connectivity index (χ1n) is 10.2. The van der Waals surface area contributed by atoms with Gasteiger partial charge in [0.2, 0.25) is 0 Å². The smallest absolute Gasteiger partial charge is 0.0227 e. The topological polar surface area (TPSA) is 35.0 Å². The highest BCUT2D eigenvalue weighted by Gasteiger charge is 2.17. The lowest BCUT2D eigenvalue weighted by atomic mass is 9.81. The summed E-state index contributed by atoms with van der Waals surface area (Å²) in [5, 5.41) is 0. The molecule has 0 aromatic heterocycles. The molecule has 0 radical (unpaired) electrons. The van der Waals surface area contributed by atoms with E-state index in [4.69, 9.17) is 0 Å². The summed E-state index contributed by atoms with van der Waals surface area (Å²) in [6, 6.07) is 11.0. The SMILES string of the molecule is CCCCCCCCCCCCCC(C)(C)Cc1ccccc1.N. The molecule has 0 unspecified atom stereocenters. The maximum atomic E-state index is 2.43. The largest absolute Gasteiger partial charge is 0.344 e. The molecule has 1 nitrogen and oxygen atoms in total. The van der Waals surface area contributed by atoms with E-state index in [0.29, 0.717) is 5.41 Å². The van der Waals surface area contributed by atoms with Crippen molar-refractivity contribution in [3.8, 4) is 0 Å². The van der Waals surface area contributed by atoms with Gasteiger partial charge in [-0.2, -0.15) is 0 Å². The molecule has 1 rings (SSSR count). The maximum absolute atomic E-state index is 2.43. The fourth-order valence-corrected chi connectivity index (χ4v) is 3.50. The second-order valence-corrected chi connectivity index (χ2v) is 8.11. The van der Waals surface area contributed by atoms with Gasteiger partial charge in [0.15, 0.2) is 0 Å². The quantitative estimate of drug-likeness (QED) is 0.343. The third kappa shape index (κ3) is 12.6. The van der Waals surface area contributed by atoms with Crippen molar-refractivity contribution in [3.05, 3.63) is 35.9 Å². The minimum atomic E-state index is 0. The highest BCUT2D eigenvalue weighted by Crippen LogP contribution is 2.28. The monoisotopic (exact) mass is 333 g/mol.